The van der Waals surface area contributed by atoms with Gasteiger partial charge in [0.05, 0.1) is 23.0 Å². The number of rotatable bonds is 6. The topological polar surface area (TPSA) is 131 Å². The fourth-order valence-corrected chi connectivity index (χ4v) is 5.55. The summed E-state index contributed by atoms with van der Waals surface area (Å²) >= 11 is 5.72. The van der Waals surface area contributed by atoms with Gasteiger partial charge in [0.1, 0.15) is 5.52 Å². The average molecular weight is 534 g/mol. The highest BCUT2D eigenvalue weighted by Gasteiger charge is 2.30. The number of aromatic nitrogens is 4. The van der Waals surface area contributed by atoms with Gasteiger partial charge in [-0.05, 0) is 57.1 Å². The second kappa shape index (κ2) is 10.7. The molecule has 2 aliphatic carbocycles. The Kier molecular flexibility index (Phi) is 7.43. The van der Waals surface area contributed by atoms with Crippen molar-refractivity contribution < 1.29 is 18.7 Å². The van der Waals surface area contributed by atoms with Gasteiger partial charge >= 0.3 is 0 Å². The normalized spacial score (nSPS) is 24.5. The van der Waals surface area contributed by atoms with E-state index < -0.39 is 11.6 Å². The zero-order valence-electron chi connectivity index (χ0n) is 20.3. The first kappa shape index (κ1) is 25.6. The van der Waals surface area contributed by atoms with Crippen LogP contribution < -0.4 is 16.4 Å². The number of halogens is 3. The summed E-state index contributed by atoms with van der Waals surface area (Å²) in [6.07, 6.45) is 8.04. The Hall–Kier alpha value is -3.05. The standard InChI is InChI=1S/C25H30ClF2N7O2/c26-17-9-10-18(21(28)20(17)27)32-25-33-19-12-30-24(31-14-3-1-2-4-16(36)11-14)34-23(19)35(25)15-7-5-13(6-8-15)22(29)37/h9-10,12-16,36H,1-8,11H2,(H2,29,37)(H,32,33)(H,30,31,34)/t13-,14-,15+,16+/m1/s1. The second-order valence-electron chi connectivity index (χ2n) is 9.98. The van der Waals surface area contributed by atoms with Gasteiger partial charge in [-0.25, -0.2) is 18.7 Å². The Balaban J connectivity index is 1.50. The number of aliphatic hydroxyl groups excluding tert-OH is 1. The molecule has 2 saturated carbocycles. The molecule has 1 aromatic carbocycles. The Bertz CT molecular complexity index is 1300. The highest BCUT2D eigenvalue weighted by atomic mass is 35.5. The molecule has 0 bridgehead atoms. The quantitative estimate of drug-likeness (QED) is 0.264. The molecule has 37 heavy (non-hydrogen) atoms. The number of fused-ring (bicyclic) bond motifs is 1. The van der Waals surface area contributed by atoms with Crippen LogP contribution in [0.3, 0.4) is 0 Å². The molecule has 9 nitrogen and oxygen atoms in total. The first-order valence-corrected chi connectivity index (χ1v) is 13.1. The van der Waals surface area contributed by atoms with Gasteiger partial charge in [-0.1, -0.05) is 24.4 Å². The number of anilines is 3. The van der Waals surface area contributed by atoms with Crippen LogP contribution >= 0.6 is 11.6 Å². The van der Waals surface area contributed by atoms with Gasteiger partial charge in [0.2, 0.25) is 17.8 Å². The molecule has 2 aromatic heterocycles. The average Bonchev–Trinajstić information content (AvgIpc) is 3.10. The summed E-state index contributed by atoms with van der Waals surface area (Å²) in [4.78, 5) is 25.5. The molecule has 0 spiro atoms. The summed E-state index contributed by atoms with van der Waals surface area (Å²) in [7, 11) is 0. The maximum Gasteiger partial charge on any atom is 0.224 e. The molecule has 5 rings (SSSR count). The molecule has 3 aromatic rings. The van der Waals surface area contributed by atoms with Crippen LogP contribution in [0.1, 0.15) is 63.8 Å². The molecule has 2 aliphatic rings. The lowest BCUT2D eigenvalue weighted by molar-refractivity contribution is -0.122. The van der Waals surface area contributed by atoms with Crippen molar-refractivity contribution in [1.82, 2.24) is 19.5 Å². The number of benzene rings is 1. The number of amides is 1. The van der Waals surface area contributed by atoms with Crippen LogP contribution in [-0.2, 0) is 4.79 Å². The molecule has 0 radical (unpaired) electrons. The number of aliphatic hydroxyl groups is 1. The van der Waals surface area contributed by atoms with E-state index in [0.29, 0.717) is 49.2 Å². The molecule has 198 valence electrons. The van der Waals surface area contributed by atoms with E-state index in [4.69, 9.17) is 22.3 Å². The molecule has 0 saturated heterocycles. The van der Waals surface area contributed by atoms with Crippen molar-refractivity contribution in [3.05, 3.63) is 35.0 Å². The third-order valence-electron chi connectivity index (χ3n) is 7.41. The summed E-state index contributed by atoms with van der Waals surface area (Å²) in [6, 6.07) is 2.58. The number of carbonyl (C=O) groups excluding carboxylic acids is 1. The monoisotopic (exact) mass is 533 g/mol. The van der Waals surface area contributed by atoms with Crippen molar-refractivity contribution in [2.75, 3.05) is 10.6 Å². The minimum atomic E-state index is -1.15. The van der Waals surface area contributed by atoms with Crippen LogP contribution in [0.5, 0.6) is 0 Å². The Morgan fingerprint density at radius 2 is 1.84 bits per heavy atom. The van der Waals surface area contributed by atoms with Crippen molar-refractivity contribution in [3.8, 4) is 0 Å². The van der Waals surface area contributed by atoms with Crippen LogP contribution in [0.25, 0.3) is 11.2 Å². The van der Waals surface area contributed by atoms with Gasteiger partial charge in [0.15, 0.2) is 17.3 Å². The summed E-state index contributed by atoms with van der Waals surface area (Å²) in [5, 5.41) is 16.1. The summed E-state index contributed by atoms with van der Waals surface area (Å²) in [6.45, 7) is 0. The Labute approximate surface area is 217 Å². The van der Waals surface area contributed by atoms with Crippen LogP contribution in [0.15, 0.2) is 18.3 Å². The van der Waals surface area contributed by atoms with Gasteiger partial charge < -0.3 is 21.5 Å². The van der Waals surface area contributed by atoms with Crippen LogP contribution in [-0.4, -0.2) is 42.7 Å². The number of hydrogen-bond acceptors (Lipinski definition) is 7. The number of primary amides is 1. The summed E-state index contributed by atoms with van der Waals surface area (Å²) in [5.41, 5.74) is 6.43. The molecule has 2 fully saturated rings. The third-order valence-corrected chi connectivity index (χ3v) is 7.70. The van der Waals surface area contributed by atoms with E-state index in [9.17, 15) is 18.7 Å². The van der Waals surface area contributed by atoms with Crippen molar-refractivity contribution in [2.45, 2.75) is 76.0 Å². The van der Waals surface area contributed by atoms with E-state index in [2.05, 4.69) is 20.6 Å². The zero-order valence-corrected chi connectivity index (χ0v) is 21.0. The van der Waals surface area contributed by atoms with E-state index in [-0.39, 0.29) is 46.7 Å². The molecule has 2 atom stereocenters. The number of nitrogens with zero attached hydrogens (tertiary/aromatic N) is 4. The Morgan fingerprint density at radius 1 is 1.08 bits per heavy atom. The molecule has 12 heteroatoms. The fraction of sp³-hybridized carbons (Fsp3) is 0.520. The predicted molar refractivity (Wildman–Crippen MR) is 137 cm³/mol. The van der Waals surface area contributed by atoms with Gasteiger partial charge in [-0.3, -0.25) is 9.36 Å². The zero-order chi connectivity index (χ0) is 26.1. The van der Waals surface area contributed by atoms with Crippen LogP contribution in [0, 0.1) is 17.6 Å². The van der Waals surface area contributed by atoms with Crippen molar-refractivity contribution in [3.63, 3.8) is 0 Å². The highest BCUT2D eigenvalue weighted by molar-refractivity contribution is 6.30. The minimum absolute atomic E-state index is 0.0426. The van der Waals surface area contributed by atoms with Gasteiger partial charge in [-0.15, -0.1) is 0 Å². The predicted octanol–water partition coefficient (Wildman–Crippen LogP) is 4.82. The molecule has 0 aliphatic heterocycles. The number of imidazole rings is 1. The Morgan fingerprint density at radius 3 is 2.59 bits per heavy atom. The van der Waals surface area contributed by atoms with Crippen molar-refractivity contribution in [1.29, 1.82) is 0 Å². The first-order chi connectivity index (χ1) is 17.8. The van der Waals surface area contributed by atoms with Gasteiger partial charge in [0, 0.05) is 18.0 Å². The summed E-state index contributed by atoms with van der Waals surface area (Å²) in [5.74, 6) is -2.07. The van der Waals surface area contributed by atoms with Crippen LogP contribution in [0.4, 0.5) is 26.4 Å². The molecule has 0 unspecified atom stereocenters. The van der Waals surface area contributed by atoms with Crippen molar-refractivity contribution in [2.24, 2.45) is 11.7 Å². The maximum atomic E-state index is 14.6. The largest absolute Gasteiger partial charge is 0.393 e. The number of nitrogens with one attached hydrogen (secondary N) is 2. The van der Waals surface area contributed by atoms with E-state index >= 15 is 0 Å². The van der Waals surface area contributed by atoms with E-state index in [0.717, 1.165) is 25.7 Å². The maximum absolute atomic E-state index is 14.6. The minimum Gasteiger partial charge on any atom is -0.393 e. The smallest absolute Gasteiger partial charge is 0.224 e. The van der Waals surface area contributed by atoms with Crippen molar-refractivity contribution >= 4 is 46.3 Å². The highest BCUT2D eigenvalue weighted by Crippen LogP contribution is 2.37. The third kappa shape index (κ3) is 5.47. The van der Waals surface area contributed by atoms with E-state index in [1.165, 1.54) is 12.1 Å². The second-order valence-corrected chi connectivity index (χ2v) is 10.4. The molecular formula is C25H30ClF2N7O2. The SMILES string of the molecule is NC(=O)[C@H]1CC[C@@H](n2c(Nc3ccc(Cl)c(F)c3F)nc3cnc(N[C@@H]4CCCC[C@H](O)C4)nc32)CC1. The van der Waals surface area contributed by atoms with E-state index in [1.807, 2.05) is 4.57 Å². The lowest BCUT2D eigenvalue weighted by Gasteiger charge is -2.29. The van der Waals surface area contributed by atoms with Crippen LogP contribution in [0.2, 0.25) is 5.02 Å². The molecule has 5 N–H and O–H groups in total. The first-order valence-electron chi connectivity index (χ1n) is 12.7. The number of hydrogen-bond donors (Lipinski definition) is 4. The molecule has 1 amide bonds. The summed E-state index contributed by atoms with van der Waals surface area (Å²) < 4.78 is 30.6. The lowest BCUT2D eigenvalue weighted by atomic mass is 9.85. The molecule has 2 heterocycles. The van der Waals surface area contributed by atoms with Gasteiger partial charge in [-0.2, -0.15) is 4.98 Å². The lowest BCUT2D eigenvalue weighted by Crippen LogP contribution is -2.29. The molecular weight excluding hydrogens is 504 g/mol. The number of carbonyl (C=O) groups is 1. The van der Waals surface area contributed by atoms with E-state index in [1.54, 1.807) is 6.20 Å². The van der Waals surface area contributed by atoms with Gasteiger partial charge in [0.25, 0.3) is 0 Å². The number of nitrogens with two attached hydrogens (primary N) is 1. The fourth-order valence-electron chi connectivity index (χ4n) is 5.40.